The number of carbonyl (C=O) groups excluding carboxylic acids is 3. The lowest BCUT2D eigenvalue weighted by Crippen LogP contribution is -2.39. The number of carbonyl (C=O) groups is 3. The highest BCUT2D eigenvalue weighted by Crippen LogP contribution is 2.30. The fourth-order valence-electron chi connectivity index (χ4n) is 1.56. The number of nitrogens with one attached hydrogen (secondary N) is 1. The van der Waals surface area contributed by atoms with Gasteiger partial charge in [-0.15, -0.1) is 0 Å². The first kappa shape index (κ1) is 15.2. The van der Waals surface area contributed by atoms with Gasteiger partial charge >= 0.3 is 6.09 Å². The molecular formula is C13H20N2O4. The summed E-state index contributed by atoms with van der Waals surface area (Å²) in [4.78, 5) is 39.7. The molecule has 3 amide bonds. The van der Waals surface area contributed by atoms with Gasteiger partial charge < -0.3 is 10.2 Å². The minimum absolute atomic E-state index is 0.332. The van der Waals surface area contributed by atoms with Crippen LogP contribution in [0, 0.1) is 5.41 Å². The van der Waals surface area contributed by atoms with Crippen molar-refractivity contribution in [3.63, 3.8) is 0 Å². The van der Waals surface area contributed by atoms with E-state index in [1.165, 1.54) is 6.08 Å². The summed E-state index contributed by atoms with van der Waals surface area (Å²) in [5, 5.41) is 2.98. The monoisotopic (exact) mass is 268 g/mol. The van der Waals surface area contributed by atoms with Gasteiger partial charge in [-0.25, -0.2) is 4.79 Å². The molecule has 1 rings (SSSR count). The number of rotatable bonds is 4. The molecule has 0 aromatic rings. The fraction of sp³-hybridized carbons (Fsp3) is 0.615. The van der Waals surface area contributed by atoms with Crippen LogP contribution in [0.25, 0.3) is 0 Å². The maximum absolute atomic E-state index is 12.0. The number of hydroxylamine groups is 2. The van der Waals surface area contributed by atoms with Crippen LogP contribution in [-0.2, 0) is 14.4 Å². The van der Waals surface area contributed by atoms with Crippen LogP contribution in [0.5, 0.6) is 0 Å². The SMILES string of the molecule is CCCCNC(=O)ON1C(=O)C=C(C(C)(C)C)C1=O. The van der Waals surface area contributed by atoms with Gasteiger partial charge in [0.2, 0.25) is 0 Å². The van der Waals surface area contributed by atoms with Gasteiger partial charge in [0.25, 0.3) is 11.8 Å². The Balaban J connectivity index is 2.61. The maximum atomic E-state index is 12.0. The third-order valence-electron chi connectivity index (χ3n) is 2.66. The summed E-state index contributed by atoms with van der Waals surface area (Å²) < 4.78 is 0. The van der Waals surface area contributed by atoms with E-state index in [9.17, 15) is 14.4 Å². The summed E-state index contributed by atoms with van der Waals surface area (Å²) in [5.74, 6) is -1.20. The molecule has 0 fully saturated rings. The molecule has 0 saturated heterocycles. The topological polar surface area (TPSA) is 75.7 Å². The van der Waals surface area contributed by atoms with Crippen molar-refractivity contribution in [2.24, 2.45) is 5.41 Å². The zero-order valence-corrected chi connectivity index (χ0v) is 11.8. The minimum atomic E-state index is -0.793. The van der Waals surface area contributed by atoms with Crippen molar-refractivity contribution in [3.8, 4) is 0 Å². The Morgan fingerprint density at radius 2 is 2.00 bits per heavy atom. The van der Waals surface area contributed by atoms with E-state index < -0.39 is 23.3 Å². The molecule has 0 radical (unpaired) electrons. The van der Waals surface area contributed by atoms with Crippen molar-refractivity contribution in [1.29, 1.82) is 0 Å². The second-order valence-corrected chi connectivity index (χ2v) is 5.40. The molecular weight excluding hydrogens is 248 g/mol. The standard InChI is InChI=1S/C13H20N2O4/c1-5-6-7-14-12(18)19-15-10(16)8-9(11(15)17)13(2,3)4/h8H,5-7H2,1-4H3,(H,14,18). The summed E-state index contributed by atoms with van der Waals surface area (Å²) >= 11 is 0. The third kappa shape index (κ3) is 3.81. The highest BCUT2D eigenvalue weighted by molar-refractivity contribution is 6.16. The smallest absolute Gasteiger partial charge is 0.320 e. The van der Waals surface area contributed by atoms with E-state index in [2.05, 4.69) is 5.32 Å². The van der Waals surface area contributed by atoms with Gasteiger partial charge in [-0.1, -0.05) is 39.2 Å². The van der Waals surface area contributed by atoms with E-state index in [0.29, 0.717) is 17.2 Å². The van der Waals surface area contributed by atoms with Gasteiger partial charge in [0.1, 0.15) is 0 Å². The molecule has 0 saturated carbocycles. The van der Waals surface area contributed by atoms with Crippen LogP contribution in [0.15, 0.2) is 11.6 Å². The van der Waals surface area contributed by atoms with Crippen molar-refractivity contribution in [2.75, 3.05) is 6.54 Å². The Morgan fingerprint density at radius 3 is 2.47 bits per heavy atom. The summed E-state index contributed by atoms with van der Waals surface area (Å²) in [7, 11) is 0. The second kappa shape index (κ2) is 5.86. The molecule has 0 atom stereocenters. The molecule has 106 valence electrons. The van der Waals surface area contributed by atoms with Gasteiger partial charge in [0.15, 0.2) is 0 Å². The second-order valence-electron chi connectivity index (χ2n) is 5.40. The summed E-state index contributed by atoms with van der Waals surface area (Å²) in [6.45, 7) is 7.88. The number of hydrogen-bond donors (Lipinski definition) is 1. The van der Waals surface area contributed by atoms with Gasteiger partial charge in [0, 0.05) is 18.2 Å². The van der Waals surface area contributed by atoms with Crippen LogP contribution >= 0.6 is 0 Å². The van der Waals surface area contributed by atoms with Gasteiger partial charge in [-0.05, 0) is 11.8 Å². The van der Waals surface area contributed by atoms with E-state index in [1.54, 1.807) is 0 Å². The van der Waals surface area contributed by atoms with Crippen LogP contribution < -0.4 is 5.32 Å². The molecule has 1 aliphatic rings. The van der Waals surface area contributed by atoms with Crippen molar-refractivity contribution >= 4 is 17.9 Å². The zero-order valence-electron chi connectivity index (χ0n) is 11.8. The number of nitrogens with zero attached hydrogens (tertiary/aromatic N) is 1. The summed E-state index contributed by atoms with van der Waals surface area (Å²) in [5.41, 5.74) is -0.136. The molecule has 0 unspecified atom stereocenters. The first-order chi connectivity index (χ1) is 8.77. The maximum Gasteiger partial charge on any atom is 0.432 e. The van der Waals surface area contributed by atoms with Gasteiger partial charge in [-0.3, -0.25) is 9.59 Å². The van der Waals surface area contributed by atoms with E-state index in [-0.39, 0.29) is 0 Å². The van der Waals surface area contributed by atoms with E-state index in [4.69, 9.17) is 4.84 Å². The van der Waals surface area contributed by atoms with Gasteiger partial charge in [0.05, 0.1) is 0 Å². The summed E-state index contributed by atoms with van der Waals surface area (Å²) in [6, 6.07) is 0. The first-order valence-electron chi connectivity index (χ1n) is 6.33. The average Bonchev–Trinajstić information content (AvgIpc) is 2.57. The molecule has 0 aliphatic carbocycles. The molecule has 0 aromatic carbocycles. The van der Waals surface area contributed by atoms with Crippen molar-refractivity contribution in [3.05, 3.63) is 11.6 Å². The third-order valence-corrected chi connectivity index (χ3v) is 2.66. The quantitative estimate of drug-likeness (QED) is 0.622. The highest BCUT2D eigenvalue weighted by atomic mass is 16.7. The Labute approximate surface area is 112 Å². The molecule has 6 heteroatoms. The normalized spacial score (nSPS) is 15.6. The van der Waals surface area contributed by atoms with Crippen LogP contribution in [-0.4, -0.2) is 29.5 Å². The molecule has 1 aliphatic heterocycles. The van der Waals surface area contributed by atoms with E-state index in [0.717, 1.165) is 12.8 Å². The highest BCUT2D eigenvalue weighted by Gasteiger charge is 2.39. The Hall–Kier alpha value is -1.85. The number of imide groups is 1. The van der Waals surface area contributed by atoms with Crippen molar-refractivity contribution < 1.29 is 19.2 Å². The molecule has 1 N–H and O–H groups in total. The largest absolute Gasteiger partial charge is 0.432 e. The van der Waals surface area contributed by atoms with Gasteiger partial charge in [-0.2, -0.15) is 0 Å². The van der Waals surface area contributed by atoms with Crippen LogP contribution in [0.1, 0.15) is 40.5 Å². The lowest BCUT2D eigenvalue weighted by atomic mass is 9.87. The van der Waals surface area contributed by atoms with E-state index in [1.807, 2.05) is 27.7 Å². The molecule has 0 bridgehead atoms. The zero-order chi connectivity index (χ0) is 14.6. The van der Waals surface area contributed by atoms with E-state index >= 15 is 0 Å². The lowest BCUT2D eigenvalue weighted by Gasteiger charge is -2.20. The number of hydrogen-bond acceptors (Lipinski definition) is 4. The minimum Gasteiger partial charge on any atom is -0.320 e. The Bertz CT molecular complexity index is 421. The fourth-order valence-corrected chi connectivity index (χ4v) is 1.56. The van der Waals surface area contributed by atoms with Crippen molar-refractivity contribution in [1.82, 2.24) is 10.4 Å². The predicted octanol–water partition coefficient (Wildman–Crippen LogP) is 1.77. The number of amides is 3. The van der Waals surface area contributed by atoms with Crippen LogP contribution in [0.4, 0.5) is 4.79 Å². The molecule has 19 heavy (non-hydrogen) atoms. The average molecular weight is 268 g/mol. The molecule has 0 spiro atoms. The van der Waals surface area contributed by atoms with Crippen molar-refractivity contribution in [2.45, 2.75) is 40.5 Å². The lowest BCUT2D eigenvalue weighted by molar-refractivity contribution is -0.170. The first-order valence-corrected chi connectivity index (χ1v) is 6.33. The number of unbranched alkanes of at least 4 members (excludes halogenated alkanes) is 1. The molecule has 0 aromatic heterocycles. The van der Waals surface area contributed by atoms with Crippen LogP contribution in [0.3, 0.4) is 0 Å². The molecule has 6 nitrogen and oxygen atoms in total. The summed E-state index contributed by atoms with van der Waals surface area (Å²) in [6.07, 6.45) is 2.15. The Kier molecular flexibility index (Phi) is 4.69. The molecule has 1 heterocycles. The van der Waals surface area contributed by atoms with Crippen LogP contribution in [0.2, 0.25) is 0 Å². The predicted molar refractivity (Wildman–Crippen MR) is 68.8 cm³/mol. The Morgan fingerprint density at radius 1 is 1.37 bits per heavy atom.